The molecule has 2 heteroatoms. The molecular weight excluding hydrogens is 222 g/mol. The van der Waals surface area contributed by atoms with Gasteiger partial charge >= 0.3 is 0 Å². The normalized spacial score (nSPS) is 14.4. The van der Waals surface area contributed by atoms with Gasteiger partial charge in [0, 0.05) is 13.2 Å². The largest absolute Gasteiger partial charge is 0.380 e. The molecule has 2 nitrogen and oxygen atoms in total. The van der Waals surface area contributed by atoms with Crippen molar-refractivity contribution in [2.45, 2.75) is 52.2 Å². The maximum absolute atomic E-state index is 5.64. The summed E-state index contributed by atoms with van der Waals surface area (Å²) in [5.41, 5.74) is 2.69. The molecule has 0 fully saturated rings. The Labute approximate surface area is 112 Å². The number of ether oxygens (including phenoxy) is 1. The van der Waals surface area contributed by atoms with Crippen molar-refractivity contribution in [3.05, 3.63) is 35.4 Å². The lowest BCUT2D eigenvalue weighted by molar-refractivity contribution is 0.0614. The number of hydrogen-bond donors (Lipinski definition) is 1. The minimum Gasteiger partial charge on any atom is -0.380 e. The van der Waals surface area contributed by atoms with Gasteiger partial charge in [-0.3, -0.25) is 0 Å². The number of likely N-dealkylation sites (N-methyl/N-ethyl adjacent to an activating group) is 1. The minimum atomic E-state index is 0.302. The fourth-order valence-corrected chi connectivity index (χ4v) is 2.34. The molecule has 0 bridgehead atoms. The Bertz CT molecular complexity index is 320. The van der Waals surface area contributed by atoms with Gasteiger partial charge in [-0.25, -0.2) is 0 Å². The van der Waals surface area contributed by atoms with E-state index in [1.165, 1.54) is 11.1 Å². The predicted molar refractivity (Wildman–Crippen MR) is 78.1 cm³/mol. The second kappa shape index (κ2) is 8.28. The highest BCUT2D eigenvalue weighted by atomic mass is 16.5. The third kappa shape index (κ3) is 4.79. The molecule has 0 saturated carbocycles. The lowest BCUT2D eigenvalue weighted by Gasteiger charge is -2.26. The van der Waals surface area contributed by atoms with Crippen LogP contribution >= 0.6 is 0 Å². The SMILES string of the molecule is CCCC(OC)C(Cc1ccc(C)cc1)NCC. The quantitative estimate of drug-likeness (QED) is 0.763. The molecule has 0 amide bonds. The third-order valence-electron chi connectivity index (χ3n) is 3.37. The zero-order chi connectivity index (χ0) is 13.4. The first-order chi connectivity index (χ1) is 8.71. The van der Waals surface area contributed by atoms with Crippen LogP contribution in [0.3, 0.4) is 0 Å². The number of aryl methyl sites for hydroxylation is 1. The van der Waals surface area contributed by atoms with Crippen LogP contribution in [-0.4, -0.2) is 25.8 Å². The lowest BCUT2D eigenvalue weighted by atomic mass is 9.97. The van der Waals surface area contributed by atoms with Crippen molar-refractivity contribution < 1.29 is 4.74 Å². The first-order valence-corrected chi connectivity index (χ1v) is 7.03. The van der Waals surface area contributed by atoms with Crippen molar-refractivity contribution in [2.75, 3.05) is 13.7 Å². The smallest absolute Gasteiger partial charge is 0.0727 e. The molecule has 1 aromatic rings. The predicted octanol–water partition coefficient (Wildman–Crippen LogP) is 3.33. The van der Waals surface area contributed by atoms with Crippen LogP contribution in [0.5, 0.6) is 0 Å². The molecule has 0 saturated heterocycles. The molecule has 2 unspecified atom stereocenters. The minimum absolute atomic E-state index is 0.302. The summed E-state index contributed by atoms with van der Waals surface area (Å²) in [7, 11) is 1.82. The average Bonchev–Trinajstić information content (AvgIpc) is 2.38. The van der Waals surface area contributed by atoms with Gasteiger partial charge in [0.05, 0.1) is 6.10 Å². The topological polar surface area (TPSA) is 21.3 Å². The van der Waals surface area contributed by atoms with Crippen molar-refractivity contribution in [3.63, 3.8) is 0 Å². The molecule has 1 N–H and O–H groups in total. The first-order valence-electron chi connectivity index (χ1n) is 7.03. The van der Waals surface area contributed by atoms with Crippen LogP contribution in [0.15, 0.2) is 24.3 Å². The lowest BCUT2D eigenvalue weighted by Crippen LogP contribution is -2.42. The Morgan fingerprint density at radius 3 is 2.33 bits per heavy atom. The Morgan fingerprint density at radius 1 is 1.17 bits per heavy atom. The number of nitrogens with one attached hydrogen (secondary N) is 1. The molecule has 1 rings (SSSR count). The summed E-state index contributed by atoms with van der Waals surface area (Å²) in [6.07, 6.45) is 3.61. The van der Waals surface area contributed by atoms with Crippen LogP contribution in [0, 0.1) is 6.92 Å². The van der Waals surface area contributed by atoms with E-state index in [4.69, 9.17) is 4.74 Å². The van der Waals surface area contributed by atoms with Gasteiger partial charge in [-0.05, 0) is 31.9 Å². The summed E-state index contributed by atoms with van der Waals surface area (Å²) in [5, 5.41) is 3.56. The molecule has 0 aliphatic carbocycles. The summed E-state index contributed by atoms with van der Waals surface area (Å²) in [6.45, 7) is 7.47. The maximum Gasteiger partial charge on any atom is 0.0727 e. The van der Waals surface area contributed by atoms with Crippen LogP contribution in [0.1, 0.15) is 37.8 Å². The van der Waals surface area contributed by atoms with E-state index in [2.05, 4.69) is 50.4 Å². The summed E-state index contributed by atoms with van der Waals surface area (Å²) in [4.78, 5) is 0. The van der Waals surface area contributed by atoms with Gasteiger partial charge in [0.1, 0.15) is 0 Å². The van der Waals surface area contributed by atoms with E-state index in [-0.39, 0.29) is 0 Å². The van der Waals surface area contributed by atoms with Crippen molar-refractivity contribution in [1.29, 1.82) is 0 Å². The highest BCUT2D eigenvalue weighted by Gasteiger charge is 2.19. The van der Waals surface area contributed by atoms with Crippen LogP contribution < -0.4 is 5.32 Å². The van der Waals surface area contributed by atoms with Gasteiger partial charge < -0.3 is 10.1 Å². The van der Waals surface area contributed by atoms with E-state index in [1.54, 1.807) is 0 Å². The summed E-state index contributed by atoms with van der Waals surface area (Å²) in [5.74, 6) is 0. The van der Waals surface area contributed by atoms with Gasteiger partial charge in [0.2, 0.25) is 0 Å². The van der Waals surface area contributed by atoms with Crippen molar-refractivity contribution in [1.82, 2.24) is 5.32 Å². The monoisotopic (exact) mass is 249 g/mol. The van der Waals surface area contributed by atoms with E-state index in [9.17, 15) is 0 Å². The highest BCUT2D eigenvalue weighted by Crippen LogP contribution is 2.13. The molecular formula is C16H27NO. The van der Waals surface area contributed by atoms with Crippen LogP contribution in [0.2, 0.25) is 0 Å². The fraction of sp³-hybridized carbons (Fsp3) is 0.625. The van der Waals surface area contributed by atoms with Gasteiger partial charge in [-0.2, -0.15) is 0 Å². The molecule has 0 aliphatic rings. The number of methoxy groups -OCH3 is 1. The summed E-state index contributed by atoms with van der Waals surface area (Å²) >= 11 is 0. The van der Waals surface area contributed by atoms with Gasteiger partial charge in [0.15, 0.2) is 0 Å². The first kappa shape index (κ1) is 15.2. The molecule has 0 radical (unpaired) electrons. The standard InChI is InChI=1S/C16H27NO/c1-5-7-16(18-4)15(17-6-2)12-14-10-8-13(3)9-11-14/h8-11,15-17H,5-7,12H2,1-4H3. The highest BCUT2D eigenvalue weighted by molar-refractivity contribution is 5.22. The van der Waals surface area contributed by atoms with Gasteiger partial charge in [0.25, 0.3) is 0 Å². The Hall–Kier alpha value is -0.860. The van der Waals surface area contributed by atoms with Crippen molar-refractivity contribution in [2.24, 2.45) is 0 Å². The molecule has 102 valence electrons. The number of hydrogen-bond acceptors (Lipinski definition) is 2. The van der Waals surface area contributed by atoms with Crippen molar-refractivity contribution in [3.8, 4) is 0 Å². The second-order valence-electron chi connectivity index (χ2n) is 4.92. The Morgan fingerprint density at radius 2 is 1.83 bits per heavy atom. The zero-order valence-corrected chi connectivity index (χ0v) is 12.2. The van der Waals surface area contributed by atoms with E-state index < -0.39 is 0 Å². The molecule has 2 atom stereocenters. The molecule has 0 aromatic heterocycles. The molecule has 0 heterocycles. The number of benzene rings is 1. The van der Waals surface area contributed by atoms with Crippen LogP contribution in [0.4, 0.5) is 0 Å². The summed E-state index contributed by atoms with van der Waals surface area (Å²) in [6, 6.07) is 9.21. The van der Waals surface area contributed by atoms with Crippen LogP contribution in [0.25, 0.3) is 0 Å². The van der Waals surface area contributed by atoms with Crippen molar-refractivity contribution >= 4 is 0 Å². The third-order valence-corrected chi connectivity index (χ3v) is 3.37. The van der Waals surface area contributed by atoms with E-state index in [0.29, 0.717) is 12.1 Å². The van der Waals surface area contributed by atoms with Gasteiger partial charge in [-0.1, -0.05) is 50.1 Å². The fourth-order valence-electron chi connectivity index (χ4n) is 2.34. The zero-order valence-electron chi connectivity index (χ0n) is 12.2. The average molecular weight is 249 g/mol. The van der Waals surface area contributed by atoms with E-state index >= 15 is 0 Å². The molecule has 0 spiro atoms. The second-order valence-corrected chi connectivity index (χ2v) is 4.92. The maximum atomic E-state index is 5.64. The van der Waals surface area contributed by atoms with Gasteiger partial charge in [-0.15, -0.1) is 0 Å². The Balaban J connectivity index is 2.68. The van der Waals surface area contributed by atoms with E-state index in [0.717, 1.165) is 25.8 Å². The Kier molecular flexibility index (Phi) is 6.99. The van der Waals surface area contributed by atoms with E-state index in [1.807, 2.05) is 7.11 Å². The molecule has 0 aliphatic heterocycles. The number of rotatable bonds is 8. The van der Waals surface area contributed by atoms with Crippen LogP contribution in [-0.2, 0) is 11.2 Å². The summed E-state index contributed by atoms with van der Waals surface area (Å²) < 4.78 is 5.64. The molecule has 18 heavy (non-hydrogen) atoms. The molecule has 1 aromatic carbocycles.